The highest BCUT2D eigenvalue weighted by atomic mass is 16.5. The van der Waals surface area contributed by atoms with Crippen LogP contribution in [0.15, 0.2) is 24.3 Å². The van der Waals surface area contributed by atoms with E-state index in [9.17, 15) is 9.59 Å². The second kappa shape index (κ2) is 9.87. The van der Waals surface area contributed by atoms with Gasteiger partial charge in [-0.3, -0.25) is 9.59 Å². The number of ether oxygens (including phenoxy) is 1. The average Bonchev–Trinajstić information content (AvgIpc) is 2.52. The Balaban J connectivity index is 2.24. The molecule has 5 nitrogen and oxygen atoms in total. The van der Waals surface area contributed by atoms with Crippen LogP contribution in [0.3, 0.4) is 0 Å². The molecule has 0 bridgehead atoms. The van der Waals surface area contributed by atoms with Crippen molar-refractivity contribution in [3.05, 3.63) is 29.8 Å². The van der Waals surface area contributed by atoms with E-state index in [1.165, 1.54) is 0 Å². The molecule has 0 radical (unpaired) electrons. The Morgan fingerprint density at radius 2 is 1.87 bits per heavy atom. The molecule has 2 unspecified atom stereocenters. The van der Waals surface area contributed by atoms with E-state index in [1.54, 1.807) is 6.92 Å². The van der Waals surface area contributed by atoms with Crippen molar-refractivity contribution in [2.75, 3.05) is 6.61 Å². The van der Waals surface area contributed by atoms with Crippen LogP contribution in [0, 0.1) is 6.92 Å². The molecule has 1 rings (SSSR count). The van der Waals surface area contributed by atoms with Gasteiger partial charge < -0.3 is 15.4 Å². The van der Waals surface area contributed by atoms with Crippen molar-refractivity contribution >= 4 is 11.8 Å². The van der Waals surface area contributed by atoms with E-state index in [-0.39, 0.29) is 17.9 Å². The van der Waals surface area contributed by atoms with Crippen LogP contribution < -0.4 is 15.4 Å². The highest BCUT2D eigenvalue weighted by Gasteiger charge is 2.16. The maximum absolute atomic E-state index is 11.8. The molecule has 2 atom stereocenters. The molecule has 0 saturated heterocycles. The zero-order valence-corrected chi connectivity index (χ0v) is 14.5. The van der Waals surface area contributed by atoms with E-state index < -0.39 is 6.04 Å². The van der Waals surface area contributed by atoms with Crippen molar-refractivity contribution in [2.45, 2.75) is 59.0 Å². The topological polar surface area (TPSA) is 67.4 Å². The van der Waals surface area contributed by atoms with Crippen LogP contribution in [0.25, 0.3) is 0 Å². The Labute approximate surface area is 138 Å². The van der Waals surface area contributed by atoms with E-state index in [0.29, 0.717) is 19.4 Å². The monoisotopic (exact) mass is 320 g/mol. The van der Waals surface area contributed by atoms with Gasteiger partial charge in [-0.1, -0.05) is 25.1 Å². The predicted molar refractivity (Wildman–Crippen MR) is 91.4 cm³/mol. The highest BCUT2D eigenvalue weighted by molar-refractivity contribution is 5.87. The lowest BCUT2D eigenvalue weighted by Gasteiger charge is -2.17. The van der Waals surface area contributed by atoms with Gasteiger partial charge >= 0.3 is 0 Å². The highest BCUT2D eigenvalue weighted by Crippen LogP contribution is 2.16. The van der Waals surface area contributed by atoms with E-state index in [2.05, 4.69) is 10.6 Å². The molecule has 0 aliphatic rings. The first-order valence-corrected chi connectivity index (χ1v) is 8.22. The van der Waals surface area contributed by atoms with Crippen molar-refractivity contribution in [2.24, 2.45) is 0 Å². The number of hydrogen-bond donors (Lipinski definition) is 2. The lowest BCUT2D eigenvalue weighted by Crippen LogP contribution is -2.47. The number of carbonyl (C=O) groups excluding carboxylic acids is 2. The molecule has 0 spiro atoms. The van der Waals surface area contributed by atoms with Crippen LogP contribution in [0.5, 0.6) is 5.75 Å². The summed E-state index contributed by atoms with van der Waals surface area (Å²) in [6.45, 7) is 8.10. The molecule has 2 N–H and O–H groups in total. The first-order chi connectivity index (χ1) is 10.9. The predicted octanol–water partition coefficient (Wildman–Crippen LogP) is 2.57. The Kier molecular flexibility index (Phi) is 8.16. The summed E-state index contributed by atoms with van der Waals surface area (Å²) in [4.78, 5) is 23.7. The summed E-state index contributed by atoms with van der Waals surface area (Å²) in [6.07, 6.45) is 1.81. The SMILES string of the molecule is CCC(C)NC(=O)C(C)NC(=O)CCCOc1ccccc1C. The van der Waals surface area contributed by atoms with Gasteiger partial charge in [0.2, 0.25) is 11.8 Å². The minimum absolute atomic E-state index is 0.115. The molecule has 0 heterocycles. The zero-order valence-electron chi connectivity index (χ0n) is 14.5. The molecule has 1 aromatic carbocycles. The first-order valence-electron chi connectivity index (χ1n) is 8.22. The average molecular weight is 320 g/mol. The lowest BCUT2D eigenvalue weighted by atomic mass is 10.2. The van der Waals surface area contributed by atoms with Crippen LogP contribution in [-0.4, -0.2) is 30.5 Å². The van der Waals surface area contributed by atoms with Crippen LogP contribution in [0.4, 0.5) is 0 Å². The third kappa shape index (κ3) is 7.17. The number of nitrogens with one attached hydrogen (secondary N) is 2. The number of hydrogen-bond acceptors (Lipinski definition) is 3. The summed E-state index contributed by atoms with van der Waals surface area (Å²) < 4.78 is 5.65. The minimum Gasteiger partial charge on any atom is -0.493 e. The lowest BCUT2D eigenvalue weighted by molar-refractivity contribution is -0.129. The van der Waals surface area contributed by atoms with Gasteiger partial charge in [0.05, 0.1) is 6.61 Å². The smallest absolute Gasteiger partial charge is 0.242 e. The third-order valence-corrected chi connectivity index (χ3v) is 3.67. The Morgan fingerprint density at radius 3 is 2.52 bits per heavy atom. The maximum atomic E-state index is 11.8. The normalized spacial score (nSPS) is 13.0. The molecular weight excluding hydrogens is 292 g/mol. The molecule has 0 aromatic heterocycles. The molecule has 0 fully saturated rings. The summed E-state index contributed by atoms with van der Waals surface area (Å²) in [6, 6.07) is 7.38. The molecule has 1 aromatic rings. The van der Waals surface area contributed by atoms with E-state index in [4.69, 9.17) is 4.74 Å². The fourth-order valence-corrected chi connectivity index (χ4v) is 1.98. The van der Waals surface area contributed by atoms with Gasteiger partial charge in [-0.15, -0.1) is 0 Å². The van der Waals surface area contributed by atoms with Crippen molar-refractivity contribution in [3.63, 3.8) is 0 Å². The Bertz CT molecular complexity index is 517. The number of carbonyl (C=O) groups is 2. The van der Waals surface area contributed by atoms with Gasteiger partial charge in [0, 0.05) is 12.5 Å². The molecule has 0 aliphatic carbocycles. The Morgan fingerprint density at radius 1 is 1.17 bits per heavy atom. The molecule has 5 heteroatoms. The third-order valence-electron chi connectivity index (χ3n) is 3.67. The van der Waals surface area contributed by atoms with Crippen molar-refractivity contribution in [1.29, 1.82) is 0 Å². The van der Waals surface area contributed by atoms with E-state index in [1.807, 2.05) is 45.0 Å². The van der Waals surface area contributed by atoms with Crippen molar-refractivity contribution in [1.82, 2.24) is 10.6 Å². The fraction of sp³-hybridized carbons (Fsp3) is 0.556. The van der Waals surface area contributed by atoms with Crippen molar-refractivity contribution < 1.29 is 14.3 Å². The number of aryl methyl sites for hydroxylation is 1. The number of amides is 2. The molecule has 23 heavy (non-hydrogen) atoms. The second-order valence-corrected chi connectivity index (χ2v) is 5.82. The molecule has 128 valence electrons. The number of para-hydroxylation sites is 1. The summed E-state index contributed by atoms with van der Waals surface area (Å²) in [5, 5.41) is 5.56. The van der Waals surface area contributed by atoms with Gasteiger partial charge in [-0.2, -0.15) is 0 Å². The molecular formula is C18H28N2O3. The summed E-state index contributed by atoms with van der Waals surface area (Å²) >= 11 is 0. The minimum atomic E-state index is -0.520. The first kappa shape index (κ1) is 19.0. The van der Waals surface area contributed by atoms with Crippen LogP contribution in [-0.2, 0) is 9.59 Å². The Hall–Kier alpha value is -2.04. The maximum Gasteiger partial charge on any atom is 0.242 e. The van der Waals surface area contributed by atoms with Gasteiger partial charge in [-0.25, -0.2) is 0 Å². The fourth-order valence-electron chi connectivity index (χ4n) is 1.98. The van der Waals surface area contributed by atoms with Crippen LogP contribution in [0.1, 0.15) is 45.6 Å². The standard InChI is InChI=1S/C18H28N2O3/c1-5-14(3)19-18(22)15(4)20-17(21)11-8-12-23-16-10-7-6-9-13(16)2/h6-7,9-10,14-15H,5,8,11-12H2,1-4H3,(H,19,22)(H,20,21). The zero-order chi connectivity index (χ0) is 17.2. The number of rotatable bonds is 9. The van der Waals surface area contributed by atoms with Gasteiger partial charge in [0.15, 0.2) is 0 Å². The molecule has 0 aliphatic heterocycles. The second-order valence-electron chi connectivity index (χ2n) is 5.82. The summed E-state index contributed by atoms with van der Waals surface area (Å²) in [5.41, 5.74) is 1.08. The summed E-state index contributed by atoms with van der Waals surface area (Å²) in [5.74, 6) is 0.559. The van der Waals surface area contributed by atoms with Gasteiger partial charge in [0.1, 0.15) is 11.8 Å². The van der Waals surface area contributed by atoms with Gasteiger partial charge in [-0.05, 0) is 45.2 Å². The van der Waals surface area contributed by atoms with E-state index >= 15 is 0 Å². The van der Waals surface area contributed by atoms with E-state index in [0.717, 1.165) is 17.7 Å². The number of benzene rings is 1. The molecule has 0 saturated carbocycles. The quantitative estimate of drug-likeness (QED) is 0.687. The molecule has 2 amide bonds. The summed E-state index contributed by atoms with van der Waals surface area (Å²) in [7, 11) is 0. The van der Waals surface area contributed by atoms with Crippen LogP contribution in [0.2, 0.25) is 0 Å². The van der Waals surface area contributed by atoms with Crippen LogP contribution >= 0.6 is 0 Å². The largest absolute Gasteiger partial charge is 0.493 e. The van der Waals surface area contributed by atoms with Gasteiger partial charge in [0.25, 0.3) is 0 Å². The van der Waals surface area contributed by atoms with Crippen molar-refractivity contribution in [3.8, 4) is 5.75 Å².